The molecule has 0 saturated carbocycles. The standard InChI is InChI=1S/C21H27ClN4O3/c1-3-25(14-16-5-4-6-17(22)13-16)19(27)8-7-18-15(2)23-21(24-20(18)28)26-9-11-29-12-10-26/h4-6,13H,3,7-12,14H2,1-2H3,(H,23,24,28). The molecule has 0 aliphatic carbocycles. The maximum atomic E-state index is 12.7. The Bertz CT molecular complexity index is 909. The number of aromatic amines is 1. The van der Waals surface area contributed by atoms with Gasteiger partial charge in [-0.25, -0.2) is 4.98 Å². The minimum atomic E-state index is -0.176. The van der Waals surface area contributed by atoms with Gasteiger partial charge in [0.25, 0.3) is 5.56 Å². The van der Waals surface area contributed by atoms with Crippen molar-refractivity contribution < 1.29 is 9.53 Å². The van der Waals surface area contributed by atoms with E-state index in [1.54, 1.807) is 4.90 Å². The predicted octanol–water partition coefficient (Wildman–Crippen LogP) is 2.55. The number of benzene rings is 1. The molecule has 7 nitrogen and oxygen atoms in total. The number of ether oxygens (including phenoxy) is 1. The number of H-pyrrole nitrogens is 1. The van der Waals surface area contributed by atoms with Gasteiger partial charge in [0.15, 0.2) is 0 Å². The predicted molar refractivity (Wildman–Crippen MR) is 113 cm³/mol. The highest BCUT2D eigenvalue weighted by atomic mass is 35.5. The first-order valence-electron chi connectivity index (χ1n) is 9.92. The Morgan fingerprint density at radius 2 is 2.10 bits per heavy atom. The summed E-state index contributed by atoms with van der Waals surface area (Å²) in [5, 5.41) is 0.652. The normalized spacial score (nSPS) is 14.1. The van der Waals surface area contributed by atoms with E-state index in [0.717, 1.165) is 5.56 Å². The van der Waals surface area contributed by atoms with E-state index in [0.29, 0.717) is 68.0 Å². The molecule has 0 radical (unpaired) electrons. The summed E-state index contributed by atoms with van der Waals surface area (Å²) in [6.07, 6.45) is 0.624. The van der Waals surface area contributed by atoms with Crippen molar-refractivity contribution in [3.05, 3.63) is 56.5 Å². The number of morpholine rings is 1. The molecule has 2 heterocycles. The lowest BCUT2D eigenvalue weighted by Gasteiger charge is -2.27. The lowest BCUT2D eigenvalue weighted by Crippen LogP contribution is -2.38. The van der Waals surface area contributed by atoms with Crippen LogP contribution in [-0.4, -0.2) is 53.6 Å². The van der Waals surface area contributed by atoms with Gasteiger partial charge in [-0.05, 0) is 38.0 Å². The van der Waals surface area contributed by atoms with Gasteiger partial charge < -0.3 is 14.5 Å². The lowest BCUT2D eigenvalue weighted by atomic mass is 10.1. The first-order chi connectivity index (χ1) is 14.0. The second kappa shape index (κ2) is 9.89. The van der Waals surface area contributed by atoms with Gasteiger partial charge in [-0.1, -0.05) is 23.7 Å². The van der Waals surface area contributed by atoms with Crippen LogP contribution in [0.4, 0.5) is 5.95 Å². The van der Waals surface area contributed by atoms with E-state index in [1.165, 1.54) is 0 Å². The van der Waals surface area contributed by atoms with Crippen LogP contribution in [0.15, 0.2) is 29.1 Å². The van der Waals surface area contributed by atoms with Gasteiger partial charge >= 0.3 is 0 Å². The minimum absolute atomic E-state index is 0.00327. The summed E-state index contributed by atoms with van der Waals surface area (Å²) in [7, 11) is 0. The molecule has 156 valence electrons. The molecule has 1 fully saturated rings. The molecule has 1 aliphatic heterocycles. The molecule has 3 rings (SSSR count). The van der Waals surface area contributed by atoms with Gasteiger partial charge in [-0.15, -0.1) is 0 Å². The fourth-order valence-electron chi connectivity index (χ4n) is 3.44. The van der Waals surface area contributed by atoms with Crippen molar-refractivity contribution in [1.29, 1.82) is 0 Å². The number of hydrogen-bond donors (Lipinski definition) is 1. The van der Waals surface area contributed by atoms with E-state index >= 15 is 0 Å². The van der Waals surface area contributed by atoms with Gasteiger partial charge in [0.2, 0.25) is 11.9 Å². The van der Waals surface area contributed by atoms with Crippen LogP contribution in [0, 0.1) is 6.92 Å². The maximum absolute atomic E-state index is 12.7. The van der Waals surface area contributed by atoms with E-state index < -0.39 is 0 Å². The first kappa shape index (κ1) is 21.3. The van der Waals surface area contributed by atoms with Crippen LogP contribution in [0.3, 0.4) is 0 Å². The number of amides is 1. The Labute approximate surface area is 175 Å². The number of halogens is 1. The summed E-state index contributed by atoms with van der Waals surface area (Å²) < 4.78 is 5.34. The average Bonchev–Trinajstić information content (AvgIpc) is 2.71. The quantitative estimate of drug-likeness (QED) is 0.747. The Morgan fingerprint density at radius 3 is 2.76 bits per heavy atom. The van der Waals surface area contributed by atoms with Crippen molar-refractivity contribution in [3.8, 4) is 0 Å². The second-order valence-corrected chi connectivity index (χ2v) is 7.53. The molecule has 2 aromatic rings. The van der Waals surface area contributed by atoms with Crippen LogP contribution in [0.25, 0.3) is 0 Å². The summed E-state index contributed by atoms with van der Waals surface area (Å²) in [5.41, 5.74) is 2.04. The summed E-state index contributed by atoms with van der Waals surface area (Å²) in [6, 6.07) is 7.50. The minimum Gasteiger partial charge on any atom is -0.378 e. The van der Waals surface area contributed by atoms with E-state index in [-0.39, 0.29) is 17.9 Å². The van der Waals surface area contributed by atoms with Crippen LogP contribution in [-0.2, 0) is 22.5 Å². The number of aryl methyl sites for hydroxylation is 1. The van der Waals surface area contributed by atoms with E-state index in [2.05, 4.69) is 9.97 Å². The largest absolute Gasteiger partial charge is 0.378 e. The number of carbonyl (C=O) groups excluding carboxylic acids is 1. The highest BCUT2D eigenvalue weighted by Crippen LogP contribution is 2.15. The van der Waals surface area contributed by atoms with Crippen LogP contribution in [0.1, 0.15) is 30.2 Å². The average molecular weight is 419 g/mol. The molecular weight excluding hydrogens is 392 g/mol. The number of carbonyl (C=O) groups is 1. The van der Waals surface area contributed by atoms with Gasteiger partial charge in [0.05, 0.1) is 13.2 Å². The maximum Gasteiger partial charge on any atom is 0.255 e. The summed E-state index contributed by atoms with van der Waals surface area (Å²) >= 11 is 6.04. The van der Waals surface area contributed by atoms with Crippen molar-refractivity contribution in [2.24, 2.45) is 0 Å². The lowest BCUT2D eigenvalue weighted by molar-refractivity contribution is -0.131. The summed E-state index contributed by atoms with van der Waals surface area (Å²) in [4.78, 5) is 36.5. The zero-order valence-electron chi connectivity index (χ0n) is 16.9. The molecule has 1 aromatic heterocycles. The molecule has 8 heteroatoms. The smallest absolute Gasteiger partial charge is 0.255 e. The van der Waals surface area contributed by atoms with Gasteiger partial charge in [-0.2, -0.15) is 0 Å². The van der Waals surface area contributed by atoms with Gasteiger partial charge in [-0.3, -0.25) is 14.6 Å². The molecule has 1 aromatic carbocycles. The number of aromatic nitrogens is 2. The number of nitrogens with zero attached hydrogens (tertiary/aromatic N) is 3. The van der Waals surface area contributed by atoms with E-state index in [9.17, 15) is 9.59 Å². The molecule has 1 N–H and O–H groups in total. The molecule has 1 aliphatic rings. The summed E-state index contributed by atoms with van der Waals surface area (Å²) in [6.45, 7) is 7.51. The number of rotatable bonds is 7. The monoisotopic (exact) mass is 418 g/mol. The van der Waals surface area contributed by atoms with E-state index in [1.807, 2.05) is 43.0 Å². The molecule has 0 spiro atoms. The molecule has 29 heavy (non-hydrogen) atoms. The third-order valence-corrected chi connectivity index (χ3v) is 5.34. The van der Waals surface area contributed by atoms with Gasteiger partial charge in [0, 0.05) is 48.9 Å². The topological polar surface area (TPSA) is 78.5 Å². The SMILES string of the molecule is CCN(Cc1cccc(Cl)c1)C(=O)CCc1c(C)nc(N2CCOCC2)[nH]c1=O. The fraction of sp³-hybridized carbons (Fsp3) is 0.476. The van der Waals surface area contributed by atoms with Crippen molar-refractivity contribution in [2.45, 2.75) is 33.2 Å². The van der Waals surface area contributed by atoms with Crippen molar-refractivity contribution >= 4 is 23.5 Å². The third-order valence-electron chi connectivity index (χ3n) is 5.11. The van der Waals surface area contributed by atoms with Gasteiger partial charge in [0.1, 0.15) is 0 Å². The number of hydrogen-bond acceptors (Lipinski definition) is 5. The Hall–Kier alpha value is -2.38. The van der Waals surface area contributed by atoms with E-state index in [4.69, 9.17) is 16.3 Å². The number of anilines is 1. The zero-order chi connectivity index (χ0) is 20.8. The molecule has 0 bridgehead atoms. The molecular formula is C21H27ClN4O3. The Morgan fingerprint density at radius 1 is 1.34 bits per heavy atom. The highest BCUT2D eigenvalue weighted by molar-refractivity contribution is 6.30. The van der Waals surface area contributed by atoms with Crippen LogP contribution in [0.2, 0.25) is 5.02 Å². The molecule has 1 saturated heterocycles. The first-order valence-corrected chi connectivity index (χ1v) is 10.3. The highest BCUT2D eigenvalue weighted by Gasteiger charge is 2.18. The number of nitrogens with one attached hydrogen (secondary N) is 1. The Balaban J connectivity index is 1.64. The third kappa shape index (κ3) is 5.58. The molecule has 0 atom stereocenters. The Kier molecular flexibility index (Phi) is 7.28. The molecule has 0 unspecified atom stereocenters. The van der Waals surface area contributed by atoms with Crippen LogP contribution >= 0.6 is 11.6 Å². The fourth-order valence-corrected chi connectivity index (χ4v) is 3.65. The van der Waals surface area contributed by atoms with Crippen LogP contribution < -0.4 is 10.5 Å². The summed E-state index contributed by atoms with van der Waals surface area (Å²) in [5.74, 6) is 0.575. The van der Waals surface area contributed by atoms with Crippen molar-refractivity contribution in [2.75, 3.05) is 37.7 Å². The molecule has 1 amide bonds. The van der Waals surface area contributed by atoms with Crippen molar-refractivity contribution in [1.82, 2.24) is 14.9 Å². The van der Waals surface area contributed by atoms with Crippen molar-refractivity contribution in [3.63, 3.8) is 0 Å². The second-order valence-electron chi connectivity index (χ2n) is 7.09. The van der Waals surface area contributed by atoms with Crippen LogP contribution in [0.5, 0.6) is 0 Å². The zero-order valence-corrected chi connectivity index (χ0v) is 17.7.